The largest absolute Gasteiger partial charge is 0.335 e. The van der Waals surface area contributed by atoms with Crippen LogP contribution in [0, 0.1) is 5.82 Å². The van der Waals surface area contributed by atoms with Crippen molar-refractivity contribution >= 4 is 15.9 Å². The predicted octanol–water partition coefficient (Wildman–Crippen LogP) is 2.23. The summed E-state index contributed by atoms with van der Waals surface area (Å²) in [6, 6.07) is 5.91. The van der Waals surface area contributed by atoms with Gasteiger partial charge >= 0.3 is 0 Å². The molecular weight excluding hydrogens is 381 g/mol. The molecule has 0 radical (unpaired) electrons. The standard InChI is InChI=1S/C20H30FN3O3S/c21-19-10-6-5-9-18(19)20(25)24(17-7-3-1-2-4-8-17)15-16-28(26,27)23-13-11-22-12-14-23/h5-6,9-10,17,22H,1-4,7-8,11-16H2. The van der Waals surface area contributed by atoms with E-state index in [1.807, 2.05) is 0 Å². The van der Waals surface area contributed by atoms with Crippen LogP contribution in [0.4, 0.5) is 4.39 Å². The van der Waals surface area contributed by atoms with Crippen LogP contribution in [0.2, 0.25) is 0 Å². The van der Waals surface area contributed by atoms with Crippen LogP contribution < -0.4 is 5.32 Å². The van der Waals surface area contributed by atoms with Gasteiger partial charge in [-0.1, -0.05) is 37.8 Å². The Kier molecular flexibility index (Phi) is 7.42. The average Bonchev–Trinajstić information content (AvgIpc) is 2.98. The van der Waals surface area contributed by atoms with Crippen LogP contribution in [-0.2, 0) is 10.0 Å². The summed E-state index contributed by atoms with van der Waals surface area (Å²) >= 11 is 0. The first-order valence-corrected chi connectivity index (χ1v) is 11.8. The molecule has 1 aromatic carbocycles. The summed E-state index contributed by atoms with van der Waals surface area (Å²) in [6.07, 6.45) is 5.95. The van der Waals surface area contributed by atoms with Gasteiger partial charge in [-0.15, -0.1) is 0 Å². The number of hydrogen-bond acceptors (Lipinski definition) is 4. The zero-order valence-electron chi connectivity index (χ0n) is 16.3. The van der Waals surface area contributed by atoms with E-state index >= 15 is 0 Å². The van der Waals surface area contributed by atoms with Crippen LogP contribution in [0.1, 0.15) is 48.9 Å². The molecule has 1 amide bonds. The number of nitrogens with zero attached hydrogens (tertiary/aromatic N) is 2. The highest BCUT2D eigenvalue weighted by Gasteiger charge is 2.30. The van der Waals surface area contributed by atoms with E-state index in [1.54, 1.807) is 17.0 Å². The number of halogens is 1. The van der Waals surface area contributed by atoms with E-state index in [0.717, 1.165) is 38.5 Å². The van der Waals surface area contributed by atoms with E-state index in [1.165, 1.54) is 16.4 Å². The molecule has 0 spiro atoms. The first-order valence-electron chi connectivity index (χ1n) is 10.2. The van der Waals surface area contributed by atoms with Crippen LogP contribution in [0.3, 0.4) is 0 Å². The van der Waals surface area contributed by atoms with Crippen molar-refractivity contribution in [2.75, 3.05) is 38.5 Å². The van der Waals surface area contributed by atoms with Gasteiger partial charge in [0.2, 0.25) is 10.0 Å². The second-order valence-corrected chi connectivity index (χ2v) is 9.68. The number of benzene rings is 1. The number of carbonyl (C=O) groups excluding carboxylic acids is 1. The van der Waals surface area contributed by atoms with E-state index < -0.39 is 21.7 Å². The van der Waals surface area contributed by atoms with Gasteiger partial charge in [-0.05, 0) is 25.0 Å². The second kappa shape index (κ2) is 9.80. The van der Waals surface area contributed by atoms with Crippen molar-refractivity contribution in [2.24, 2.45) is 0 Å². The first kappa shape index (κ1) is 21.2. The smallest absolute Gasteiger partial charge is 0.257 e. The minimum absolute atomic E-state index is 0.0197. The van der Waals surface area contributed by atoms with Crippen molar-refractivity contribution in [1.82, 2.24) is 14.5 Å². The highest BCUT2D eigenvalue weighted by molar-refractivity contribution is 7.89. The van der Waals surface area contributed by atoms with Crippen LogP contribution in [-0.4, -0.2) is 68.0 Å². The first-order chi connectivity index (χ1) is 13.5. The lowest BCUT2D eigenvalue weighted by Crippen LogP contribution is -2.49. The third-order valence-corrected chi connectivity index (χ3v) is 7.54. The van der Waals surface area contributed by atoms with Gasteiger partial charge in [-0.3, -0.25) is 4.79 Å². The fraction of sp³-hybridized carbons (Fsp3) is 0.650. The molecule has 0 unspecified atom stereocenters. The molecule has 1 aliphatic heterocycles. The Labute approximate surface area is 167 Å². The fourth-order valence-electron chi connectivity index (χ4n) is 4.07. The fourth-order valence-corrected chi connectivity index (χ4v) is 5.50. The summed E-state index contributed by atoms with van der Waals surface area (Å²) in [5.74, 6) is -1.08. The van der Waals surface area contributed by atoms with E-state index in [-0.39, 0.29) is 23.9 Å². The molecule has 0 aromatic heterocycles. The van der Waals surface area contributed by atoms with Gasteiger partial charge in [-0.2, -0.15) is 4.31 Å². The highest BCUT2D eigenvalue weighted by Crippen LogP contribution is 2.24. The Morgan fingerprint density at radius 1 is 1.11 bits per heavy atom. The number of rotatable bonds is 6. The molecule has 1 aromatic rings. The van der Waals surface area contributed by atoms with Crippen LogP contribution in [0.25, 0.3) is 0 Å². The lowest BCUT2D eigenvalue weighted by Gasteiger charge is -2.33. The van der Waals surface area contributed by atoms with Crippen LogP contribution >= 0.6 is 0 Å². The number of piperazine rings is 1. The summed E-state index contributed by atoms with van der Waals surface area (Å²) in [5, 5.41) is 3.14. The Balaban J connectivity index is 1.77. The molecule has 6 nitrogen and oxygen atoms in total. The zero-order valence-corrected chi connectivity index (χ0v) is 17.1. The summed E-state index contributed by atoms with van der Waals surface area (Å²) in [7, 11) is -3.45. The van der Waals surface area contributed by atoms with Crippen molar-refractivity contribution in [2.45, 2.75) is 44.6 Å². The van der Waals surface area contributed by atoms with Crippen molar-refractivity contribution in [3.8, 4) is 0 Å². The molecule has 1 saturated heterocycles. The normalized spacial score (nSPS) is 19.9. The Morgan fingerprint density at radius 3 is 2.39 bits per heavy atom. The molecule has 2 aliphatic rings. The lowest BCUT2D eigenvalue weighted by molar-refractivity contribution is 0.0669. The van der Waals surface area contributed by atoms with E-state index in [9.17, 15) is 17.6 Å². The van der Waals surface area contributed by atoms with E-state index in [4.69, 9.17) is 0 Å². The Hall–Kier alpha value is -1.51. The summed E-state index contributed by atoms with van der Waals surface area (Å²) in [5.41, 5.74) is 0.0197. The van der Waals surface area contributed by atoms with Crippen molar-refractivity contribution < 1.29 is 17.6 Å². The molecule has 0 atom stereocenters. The Morgan fingerprint density at radius 2 is 1.75 bits per heavy atom. The van der Waals surface area contributed by atoms with Crippen LogP contribution in [0.5, 0.6) is 0 Å². The summed E-state index contributed by atoms with van der Waals surface area (Å²) in [4.78, 5) is 14.8. The monoisotopic (exact) mass is 411 g/mol. The lowest BCUT2D eigenvalue weighted by atomic mass is 10.1. The number of amides is 1. The van der Waals surface area contributed by atoms with Gasteiger partial charge in [0.05, 0.1) is 11.3 Å². The predicted molar refractivity (Wildman–Crippen MR) is 107 cm³/mol. The van der Waals surface area contributed by atoms with Gasteiger partial charge in [0, 0.05) is 38.8 Å². The molecular formula is C20H30FN3O3S. The molecule has 1 saturated carbocycles. The molecule has 156 valence electrons. The van der Waals surface area contributed by atoms with Crippen LogP contribution in [0.15, 0.2) is 24.3 Å². The molecule has 3 rings (SSSR count). The van der Waals surface area contributed by atoms with Gasteiger partial charge in [0.15, 0.2) is 0 Å². The highest BCUT2D eigenvalue weighted by atomic mass is 32.2. The van der Waals surface area contributed by atoms with Gasteiger partial charge in [-0.25, -0.2) is 12.8 Å². The maximum Gasteiger partial charge on any atom is 0.257 e. The number of sulfonamides is 1. The molecule has 8 heteroatoms. The quantitative estimate of drug-likeness (QED) is 0.729. The van der Waals surface area contributed by atoms with Crippen molar-refractivity contribution in [3.05, 3.63) is 35.6 Å². The zero-order chi connectivity index (χ0) is 20.0. The van der Waals surface area contributed by atoms with Crippen molar-refractivity contribution in [3.63, 3.8) is 0 Å². The minimum atomic E-state index is -3.45. The maximum absolute atomic E-state index is 14.2. The molecule has 28 heavy (non-hydrogen) atoms. The molecule has 2 fully saturated rings. The SMILES string of the molecule is O=C(c1ccccc1F)N(CCS(=O)(=O)N1CCNCC1)C1CCCCCC1. The molecule has 1 aliphatic carbocycles. The number of carbonyl (C=O) groups is 1. The molecule has 1 N–H and O–H groups in total. The number of nitrogens with one attached hydrogen (secondary N) is 1. The third-order valence-electron chi connectivity index (χ3n) is 5.69. The summed E-state index contributed by atoms with van der Waals surface area (Å²) < 4.78 is 41.2. The van der Waals surface area contributed by atoms with Gasteiger partial charge in [0.25, 0.3) is 5.91 Å². The van der Waals surface area contributed by atoms with Crippen molar-refractivity contribution in [1.29, 1.82) is 0 Å². The topological polar surface area (TPSA) is 69.7 Å². The maximum atomic E-state index is 14.2. The summed E-state index contributed by atoms with van der Waals surface area (Å²) in [6.45, 7) is 2.28. The number of hydrogen-bond donors (Lipinski definition) is 1. The van der Waals surface area contributed by atoms with Gasteiger partial charge < -0.3 is 10.2 Å². The molecule has 1 heterocycles. The third kappa shape index (κ3) is 5.30. The van der Waals surface area contributed by atoms with E-state index in [0.29, 0.717) is 26.2 Å². The second-order valence-electron chi connectivity index (χ2n) is 7.59. The van der Waals surface area contributed by atoms with Gasteiger partial charge in [0.1, 0.15) is 5.82 Å². The minimum Gasteiger partial charge on any atom is -0.335 e. The Bertz CT molecular complexity index is 758. The van der Waals surface area contributed by atoms with E-state index in [2.05, 4.69) is 5.32 Å². The molecule has 0 bridgehead atoms. The average molecular weight is 412 g/mol.